The summed E-state index contributed by atoms with van der Waals surface area (Å²) >= 11 is 1.07. The van der Waals surface area contributed by atoms with Gasteiger partial charge in [-0.1, -0.05) is 13.3 Å². The Morgan fingerprint density at radius 2 is 2.11 bits per heavy atom. The topological polar surface area (TPSA) is 72.2 Å². The number of aromatic carboxylic acids is 1. The van der Waals surface area contributed by atoms with E-state index in [1.807, 2.05) is 0 Å². The Morgan fingerprint density at radius 3 is 2.68 bits per heavy atom. The number of aryl methyl sites for hydroxylation is 2. The van der Waals surface area contributed by atoms with E-state index in [0.717, 1.165) is 24.2 Å². The molecule has 0 aromatic carbocycles. The number of fused-ring (bicyclic) bond motifs is 1. The molecule has 0 aliphatic carbocycles. The lowest BCUT2D eigenvalue weighted by Crippen LogP contribution is -2.23. The first kappa shape index (κ1) is 13.7. The number of carbonyl (C=O) groups is 1. The van der Waals surface area contributed by atoms with Crippen LogP contribution in [0.4, 0.5) is 0 Å². The minimum atomic E-state index is -1.00. The van der Waals surface area contributed by atoms with E-state index in [9.17, 15) is 9.59 Å². The zero-order valence-corrected chi connectivity index (χ0v) is 12.0. The maximum absolute atomic E-state index is 12.4. The molecule has 0 unspecified atom stereocenters. The molecule has 0 amide bonds. The van der Waals surface area contributed by atoms with Crippen LogP contribution >= 0.6 is 11.3 Å². The molecule has 0 aliphatic heterocycles. The number of aromatic nitrogens is 2. The third kappa shape index (κ3) is 2.28. The average molecular weight is 280 g/mol. The monoisotopic (exact) mass is 280 g/mol. The van der Waals surface area contributed by atoms with E-state index < -0.39 is 5.97 Å². The molecule has 0 atom stereocenters. The van der Waals surface area contributed by atoms with Gasteiger partial charge < -0.3 is 5.11 Å². The highest BCUT2D eigenvalue weighted by molar-refractivity contribution is 7.20. The van der Waals surface area contributed by atoms with Crippen LogP contribution < -0.4 is 5.56 Å². The maximum atomic E-state index is 12.4. The maximum Gasteiger partial charge on any atom is 0.346 e. The van der Waals surface area contributed by atoms with Crippen molar-refractivity contribution in [2.75, 3.05) is 0 Å². The van der Waals surface area contributed by atoms with Crippen molar-refractivity contribution in [1.29, 1.82) is 0 Å². The number of unbranched alkanes of at least 4 members (excludes halogenated alkanes) is 1. The van der Waals surface area contributed by atoms with Gasteiger partial charge in [-0.2, -0.15) is 0 Å². The van der Waals surface area contributed by atoms with Gasteiger partial charge in [-0.05, 0) is 25.8 Å². The third-order valence-corrected chi connectivity index (χ3v) is 4.34. The lowest BCUT2D eigenvalue weighted by Gasteiger charge is -2.08. The van der Waals surface area contributed by atoms with E-state index >= 15 is 0 Å². The molecule has 0 saturated carbocycles. The van der Waals surface area contributed by atoms with Gasteiger partial charge in [0.25, 0.3) is 5.56 Å². The molecule has 19 heavy (non-hydrogen) atoms. The van der Waals surface area contributed by atoms with Crippen LogP contribution in [-0.2, 0) is 6.54 Å². The number of hydrogen-bond acceptors (Lipinski definition) is 4. The smallest absolute Gasteiger partial charge is 0.346 e. The Bertz CT molecular complexity index is 700. The van der Waals surface area contributed by atoms with Crippen LogP contribution in [0.2, 0.25) is 0 Å². The Labute approximate surface area is 114 Å². The number of thiophene rings is 1. The fraction of sp³-hybridized carbons (Fsp3) is 0.462. The van der Waals surface area contributed by atoms with Gasteiger partial charge in [-0.3, -0.25) is 9.36 Å². The van der Waals surface area contributed by atoms with Gasteiger partial charge >= 0.3 is 5.97 Å². The van der Waals surface area contributed by atoms with Crippen LogP contribution in [0.25, 0.3) is 10.2 Å². The second-order valence-corrected chi connectivity index (χ2v) is 5.51. The molecule has 2 rings (SSSR count). The molecule has 5 nitrogen and oxygen atoms in total. The molecule has 102 valence electrons. The number of hydrogen-bond donors (Lipinski definition) is 1. The van der Waals surface area contributed by atoms with Crippen LogP contribution in [-0.4, -0.2) is 20.6 Å². The second kappa shape index (κ2) is 5.13. The van der Waals surface area contributed by atoms with Gasteiger partial charge in [0, 0.05) is 6.54 Å². The van der Waals surface area contributed by atoms with Crippen molar-refractivity contribution >= 4 is 27.5 Å². The van der Waals surface area contributed by atoms with Crippen LogP contribution in [0.1, 0.15) is 40.8 Å². The molecule has 2 aromatic rings. The zero-order valence-electron chi connectivity index (χ0n) is 11.2. The molecule has 6 heteroatoms. The first-order chi connectivity index (χ1) is 8.97. The Balaban J connectivity index is 2.72. The van der Waals surface area contributed by atoms with Crippen LogP contribution in [0, 0.1) is 13.8 Å². The molecule has 1 N–H and O–H groups in total. The summed E-state index contributed by atoms with van der Waals surface area (Å²) in [6.07, 6.45) is 1.90. The summed E-state index contributed by atoms with van der Waals surface area (Å²) in [5.74, 6) is -0.359. The molecular formula is C13H16N2O3S. The first-order valence-electron chi connectivity index (χ1n) is 6.21. The standard InChI is InChI=1S/C13H16N2O3S/c1-4-5-6-15-8(3)14-11-9(12(15)16)7(2)10(19-11)13(17)18/h4-6H2,1-3H3,(H,17,18). The van der Waals surface area contributed by atoms with Crippen molar-refractivity contribution < 1.29 is 9.90 Å². The van der Waals surface area contributed by atoms with Crippen molar-refractivity contribution in [3.8, 4) is 0 Å². The molecule has 0 spiro atoms. The van der Waals surface area contributed by atoms with E-state index in [4.69, 9.17) is 5.11 Å². The third-order valence-electron chi connectivity index (χ3n) is 3.17. The van der Waals surface area contributed by atoms with Crippen molar-refractivity contribution in [3.05, 3.63) is 26.6 Å². The molecule has 0 saturated heterocycles. The molecule has 0 fully saturated rings. The van der Waals surface area contributed by atoms with Crippen molar-refractivity contribution in [3.63, 3.8) is 0 Å². The molecule has 0 aliphatic rings. The first-order valence-corrected chi connectivity index (χ1v) is 7.02. The SMILES string of the molecule is CCCCn1c(C)nc2sc(C(=O)O)c(C)c2c1=O. The average Bonchev–Trinajstić information content (AvgIpc) is 2.66. The highest BCUT2D eigenvalue weighted by atomic mass is 32.1. The van der Waals surface area contributed by atoms with Crippen LogP contribution in [0.15, 0.2) is 4.79 Å². The largest absolute Gasteiger partial charge is 0.477 e. The van der Waals surface area contributed by atoms with E-state index in [1.54, 1.807) is 18.4 Å². The van der Waals surface area contributed by atoms with Gasteiger partial charge in [0.2, 0.25) is 0 Å². The highest BCUT2D eigenvalue weighted by Gasteiger charge is 2.19. The summed E-state index contributed by atoms with van der Waals surface area (Å²) in [5.41, 5.74) is 0.396. The van der Waals surface area contributed by atoms with Crippen molar-refractivity contribution in [1.82, 2.24) is 9.55 Å². The van der Waals surface area contributed by atoms with Gasteiger partial charge in [0.15, 0.2) is 0 Å². The summed E-state index contributed by atoms with van der Waals surface area (Å²) in [6.45, 7) is 6.14. The lowest BCUT2D eigenvalue weighted by molar-refractivity contribution is 0.0701. The number of carboxylic acid groups (broad SMARTS) is 1. The van der Waals surface area contributed by atoms with E-state index in [0.29, 0.717) is 28.1 Å². The summed E-state index contributed by atoms with van der Waals surface area (Å²) < 4.78 is 1.64. The summed E-state index contributed by atoms with van der Waals surface area (Å²) in [4.78, 5) is 28.7. The van der Waals surface area contributed by atoms with Gasteiger partial charge in [-0.15, -0.1) is 11.3 Å². The Kier molecular flexibility index (Phi) is 3.71. The lowest BCUT2D eigenvalue weighted by atomic mass is 10.2. The predicted octanol–water partition coefficient (Wildman–Crippen LogP) is 2.57. The van der Waals surface area contributed by atoms with E-state index in [1.165, 1.54) is 0 Å². The predicted molar refractivity (Wildman–Crippen MR) is 75.2 cm³/mol. The number of nitrogens with zero attached hydrogens (tertiary/aromatic N) is 2. The van der Waals surface area contributed by atoms with E-state index in [2.05, 4.69) is 11.9 Å². The van der Waals surface area contributed by atoms with Crippen molar-refractivity contribution in [2.24, 2.45) is 0 Å². The molecular weight excluding hydrogens is 264 g/mol. The fourth-order valence-electron chi connectivity index (χ4n) is 2.10. The molecule has 0 bridgehead atoms. The Hall–Kier alpha value is -1.69. The highest BCUT2D eigenvalue weighted by Crippen LogP contribution is 2.27. The number of rotatable bonds is 4. The van der Waals surface area contributed by atoms with Crippen LogP contribution in [0.5, 0.6) is 0 Å². The summed E-state index contributed by atoms with van der Waals surface area (Å²) in [7, 11) is 0. The van der Waals surface area contributed by atoms with Crippen LogP contribution in [0.3, 0.4) is 0 Å². The molecule has 2 heterocycles. The summed E-state index contributed by atoms with van der Waals surface area (Å²) in [6, 6.07) is 0. The minimum Gasteiger partial charge on any atom is -0.477 e. The normalized spacial score (nSPS) is 11.1. The van der Waals surface area contributed by atoms with Gasteiger partial charge in [-0.25, -0.2) is 9.78 Å². The van der Waals surface area contributed by atoms with Gasteiger partial charge in [0.1, 0.15) is 15.5 Å². The Morgan fingerprint density at radius 1 is 1.42 bits per heavy atom. The molecule has 2 aromatic heterocycles. The zero-order chi connectivity index (χ0) is 14.2. The molecule has 0 radical (unpaired) electrons. The summed E-state index contributed by atoms with van der Waals surface area (Å²) in [5, 5.41) is 9.56. The van der Waals surface area contributed by atoms with E-state index in [-0.39, 0.29) is 10.4 Å². The second-order valence-electron chi connectivity index (χ2n) is 4.51. The fourth-order valence-corrected chi connectivity index (χ4v) is 3.16. The number of carboxylic acids is 1. The quantitative estimate of drug-likeness (QED) is 0.934. The minimum absolute atomic E-state index is 0.128. The van der Waals surface area contributed by atoms with Gasteiger partial charge in [0.05, 0.1) is 5.39 Å². The van der Waals surface area contributed by atoms with Crippen molar-refractivity contribution in [2.45, 2.75) is 40.2 Å².